The number of carbonyl (C=O) groups excluding carboxylic acids is 1. The van der Waals surface area contributed by atoms with Crippen LogP contribution in [0, 0.1) is 0 Å². The second-order valence-corrected chi connectivity index (χ2v) is 4.02. The van der Waals surface area contributed by atoms with Gasteiger partial charge in [-0.2, -0.15) is 0 Å². The number of benzene rings is 1. The number of nitrogens with one attached hydrogen (secondary N) is 1. The smallest absolute Gasteiger partial charge is 0.335 e. The highest BCUT2D eigenvalue weighted by Crippen LogP contribution is 2.14. The first-order chi connectivity index (χ1) is 9.11. The third-order valence-corrected chi connectivity index (χ3v) is 2.69. The number of hydrogen-bond acceptors (Lipinski definition) is 4. The summed E-state index contributed by atoms with van der Waals surface area (Å²) in [7, 11) is 0. The molecule has 7 heteroatoms. The van der Waals surface area contributed by atoms with Gasteiger partial charge in [-0.1, -0.05) is 5.21 Å². The minimum atomic E-state index is -1.00. The van der Waals surface area contributed by atoms with Gasteiger partial charge in [-0.05, 0) is 25.1 Å². The van der Waals surface area contributed by atoms with Crippen LogP contribution in [-0.2, 0) is 11.3 Å². The summed E-state index contributed by atoms with van der Waals surface area (Å²) in [6.45, 7) is 2.80. The Kier molecular flexibility index (Phi) is 3.74. The van der Waals surface area contributed by atoms with Crippen LogP contribution in [0.3, 0.4) is 0 Å². The summed E-state index contributed by atoms with van der Waals surface area (Å²) < 4.78 is 1.54. The molecule has 2 rings (SSSR count). The molecule has 0 aliphatic heterocycles. The van der Waals surface area contributed by atoms with Crippen molar-refractivity contribution in [2.75, 3.05) is 6.54 Å². The first kappa shape index (κ1) is 13.0. The second-order valence-electron chi connectivity index (χ2n) is 4.02. The van der Waals surface area contributed by atoms with Gasteiger partial charge in [0.1, 0.15) is 5.52 Å². The Hall–Kier alpha value is -2.44. The van der Waals surface area contributed by atoms with Crippen molar-refractivity contribution in [1.82, 2.24) is 20.3 Å². The van der Waals surface area contributed by atoms with Crippen LogP contribution in [0.2, 0.25) is 0 Å². The third kappa shape index (κ3) is 2.87. The lowest BCUT2D eigenvalue weighted by molar-refractivity contribution is -0.121. The topological polar surface area (TPSA) is 97.1 Å². The molecular formula is C12H14N4O3. The molecule has 0 unspecified atom stereocenters. The average Bonchev–Trinajstić information content (AvgIpc) is 2.79. The van der Waals surface area contributed by atoms with E-state index in [1.165, 1.54) is 16.8 Å². The molecule has 0 aliphatic rings. The largest absolute Gasteiger partial charge is 0.478 e. The van der Waals surface area contributed by atoms with Crippen molar-refractivity contribution >= 4 is 22.9 Å². The Bertz CT molecular complexity index is 620. The molecule has 1 amide bonds. The van der Waals surface area contributed by atoms with Gasteiger partial charge in [-0.25, -0.2) is 9.48 Å². The molecule has 0 radical (unpaired) electrons. The molecule has 100 valence electrons. The predicted molar refractivity (Wildman–Crippen MR) is 67.8 cm³/mol. The fraction of sp³-hybridized carbons (Fsp3) is 0.333. The van der Waals surface area contributed by atoms with Crippen molar-refractivity contribution in [3.05, 3.63) is 23.8 Å². The van der Waals surface area contributed by atoms with Crippen molar-refractivity contribution in [2.24, 2.45) is 0 Å². The molecule has 1 heterocycles. The van der Waals surface area contributed by atoms with Crippen molar-refractivity contribution in [1.29, 1.82) is 0 Å². The monoisotopic (exact) mass is 262 g/mol. The Morgan fingerprint density at radius 1 is 1.42 bits per heavy atom. The number of carboxylic acid groups (broad SMARTS) is 1. The van der Waals surface area contributed by atoms with E-state index in [4.69, 9.17) is 5.11 Å². The van der Waals surface area contributed by atoms with Gasteiger partial charge < -0.3 is 10.4 Å². The lowest BCUT2D eigenvalue weighted by Crippen LogP contribution is -2.24. The molecule has 0 saturated carbocycles. The maximum atomic E-state index is 11.4. The summed E-state index contributed by atoms with van der Waals surface area (Å²) in [6, 6.07) is 4.59. The quantitative estimate of drug-likeness (QED) is 0.824. The van der Waals surface area contributed by atoms with E-state index in [0.717, 1.165) is 0 Å². The van der Waals surface area contributed by atoms with E-state index in [1.807, 2.05) is 6.92 Å². The Labute approximate surface area is 109 Å². The highest BCUT2D eigenvalue weighted by Gasteiger charge is 2.10. The Morgan fingerprint density at radius 3 is 2.89 bits per heavy atom. The number of aromatic carboxylic acids is 1. The molecule has 0 aliphatic carbocycles. The summed E-state index contributed by atoms with van der Waals surface area (Å²) >= 11 is 0. The number of carboxylic acids is 1. The van der Waals surface area contributed by atoms with Crippen molar-refractivity contribution in [2.45, 2.75) is 19.9 Å². The van der Waals surface area contributed by atoms with Gasteiger partial charge in [-0.3, -0.25) is 4.79 Å². The maximum absolute atomic E-state index is 11.4. The van der Waals surface area contributed by atoms with Gasteiger partial charge in [0, 0.05) is 13.0 Å². The molecule has 0 saturated heterocycles. The molecule has 0 spiro atoms. The molecule has 0 bridgehead atoms. The van der Waals surface area contributed by atoms with Crippen LogP contribution in [0.15, 0.2) is 18.2 Å². The first-order valence-corrected chi connectivity index (χ1v) is 5.95. The molecular weight excluding hydrogens is 248 g/mol. The van der Waals surface area contributed by atoms with Gasteiger partial charge in [-0.15, -0.1) is 5.10 Å². The van der Waals surface area contributed by atoms with Crippen LogP contribution in [0.5, 0.6) is 0 Å². The van der Waals surface area contributed by atoms with E-state index >= 15 is 0 Å². The van der Waals surface area contributed by atoms with Gasteiger partial charge in [0.25, 0.3) is 0 Å². The van der Waals surface area contributed by atoms with Crippen molar-refractivity contribution < 1.29 is 14.7 Å². The maximum Gasteiger partial charge on any atom is 0.335 e. The van der Waals surface area contributed by atoms with Crippen molar-refractivity contribution in [3.63, 3.8) is 0 Å². The Morgan fingerprint density at radius 2 is 2.21 bits per heavy atom. The van der Waals surface area contributed by atoms with Gasteiger partial charge in [0.05, 0.1) is 17.6 Å². The number of nitrogens with zero attached hydrogens (tertiary/aromatic N) is 3. The summed E-state index contributed by atoms with van der Waals surface area (Å²) in [5.74, 6) is -1.07. The van der Waals surface area contributed by atoms with E-state index in [1.54, 1.807) is 6.07 Å². The number of amides is 1. The fourth-order valence-electron chi connectivity index (χ4n) is 1.76. The van der Waals surface area contributed by atoms with E-state index in [-0.39, 0.29) is 17.9 Å². The molecule has 0 atom stereocenters. The molecule has 2 aromatic rings. The fourth-order valence-corrected chi connectivity index (χ4v) is 1.76. The molecule has 1 aromatic carbocycles. The number of fused-ring (bicyclic) bond motifs is 1. The van der Waals surface area contributed by atoms with Crippen LogP contribution in [0.25, 0.3) is 11.0 Å². The first-order valence-electron chi connectivity index (χ1n) is 5.95. The van der Waals surface area contributed by atoms with Gasteiger partial charge >= 0.3 is 5.97 Å². The van der Waals surface area contributed by atoms with Crippen LogP contribution in [-0.4, -0.2) is 38.5 Å². The number of aromatic nitrogens is 3. The normalized spacial score (nSPS) is 10.6. The van der Waals surface area contributed by atoms with E-state index in [2.05, 4.69) is 15.6 Å². The lowest BCUT2D eigenvalue weighted by Gasteiger charge is -2.03. The zero-order valence-electron chi connectivity index (χ0n) is 10.5. The lowest BCUT2D eigenvalue weighted by atomic mass is 10.2. The minimum Gasteiger partial charge on any atom is -0.478 e. The summed E-state index contributed by atoms with van der Waals surface area (Å²) in [6.07, 6.45) is 0.281. The summed E-state index contributed by atoms with van der Waals surface area (Å²) in [5.41, 5.74) is 1.40. The Balaban J connectivity index is 2.21. The van der Waals surface area contributed by atoms with E-state index < -0.39 is 5.97 Å². The van der Waals surface area contributed by atoms with Gasteiger partial charge in [0.15, 0.2) is 0 Å². The molecule has 7 nitrogen and oxygen atoms in total. The van der Waals surface area contributed by atoms with E-state index in [9.17, 15) is 9.59 Å². The van der Waals surface area contributed by atoms with E-state index in [0.29, 0.717) is 24.1 Å². The molecule has 2 N–H and O–H groups in total. The zero-order valence-corrected chi connectivity index (χ0v) is 10.5. The molecule has 0 fully saturated rings. The minimum absolute atomic E-state index is 0.0689. The highest BCUT2D eigenvalue weighted by molar-refractivity contribution is 5.92. The number of carbonyl (C=O) groups is 2. The summed E-state index contributed by atoms with van der Waals surface area (Å²) in [5, 5.41) is 19.5. The van der Waals surface area contributed by atoms with Crippen molar-refractivity contribution in [3.8, 4) is 0 Å². The van der Waals surface area contributed by atoms with Crippen LogP contribution >= 0.6 is 0 Å². The third-order valence-electron chi connectivity index (χ3n) is 2.69. The zero-order chi connectivity index (χ0) is 13.8. The second kappa shape index (κ2) is 5.47. The van der Waals surface area contributed by atoms with Crippen LogP contribution < -0.4 is 5.32 Å². The highest BCUT2D eigenvalue weighted by atomic mass is 16.4. The molecule has 19 heavy (non-hydrogen) atoms. The summed E-state index contributed by atoms with van der Waals surface area (Å²) in [4.78, 5) is 22.3. The SMILES string of the molecule is CCNC(=O)CCn1nnc2ccc(C(=O)O)cc21. The number of rotatable bonds is 5. The van der Waals surface area contributed by atoms with Crippen LogP contribution in [0.4, 0.5) is 0 Å². The standard InChI is InChI=1S/C12H14N4O3/c1-2-13-11(17)5-6-16-10-7-8(12(18)19)3-4-9(10)14-15-16/h3-4,7H,2,5-6H2,1H3,(H,13,17)(H,18,19). The molecule has 1 aromatic heterocycles. The average molecular weight is 262 g/mol. The number of aryl methyl sites for hydroxylation is 1. The van der Waals surface area contributed by atoms with Crippen LogP contribution in [0.1, 0.15) is 23.7 Å². The predicted octanol–water partition coefficient (Wildman–Crippen LogP) is 0.656. The van der Waals surface area contributed by atoms with Gasteiger partial charge in [0.2, 0.25) is 5.91 Å². The number of hydrogen-bond donors (Lipinski definition) is 2.